The predicted molar refractivity (Wildman–Crippen MR) is 38.1 cm³/mol. The molecule has 53 valence electrons. The zero-order valence-electron chi connectivity index (χ0n) is 6.35. The van der Waals surface area contributed by atoms with Gasteiger partial charge in [0, 0.05) is 12.5 Å². The smallest absolute Gasteiger partial charge is 0.200 e. The van der Waals surface area contributed by atoms with Crippen LogP contribution in [0.3, 0.4) is 0 Å². The van der Waals surface area contributed by atoms with Gasteiger partial charge in [-0.3, -0.25) is 4.79 Å². The molecule has 0 aromatic carbocycles. The Morgan fingerprint density at radius 3 is 2.22 bits per heavy atom. The molecule has 1 atom stereocenters. The van der Waals surface area contributed by atoms with Crippen LogP contribution in [0, 0.1) is 0 Å². The Hall–Kier alpha value is -0.370. The van der Waals surface area contributed by atoms with Gasteiger partial charge in [0.15, 0.2) is 6.29 Å². The van der Waals surface area contributed by atoms with E-state index in [1.807, 2.05) is 25.3 Å². The molecule has 2 heteroatoms. The summed E-state index contributed by atoms with van der Waals surface area (Å²) in [6.45, 7) is 2.07. The topological polar surface area (TPSA) is 20.3 Å². The van der Waals surface area contributed by atoms with Crippen LogP contribution in [0.15, 0.2) is 0 Å². The van der Waals surface area contributed by atoms with Gasteiger partial charge >= 0.3 is 0 Å². The summed E-state index contributed by atoms with van der Waals surface area (Å²) in [5.74, 6) is 0. The fourth-order valence-corrected chi connectivity index (χ4v) is 0.788. The molecule has 1 radical (unpaired) electrons. The molecule has 0 aliphatic heterocycles. The largest absolute Gasteiger partial charge is 0.306 e. The van der Waals surface area contributed by atoms with Gasteiger partial charge in [0.2, 0.25) is 0 Å². The Balaban J connectivity index is 3.53. The molecule has 1 unspecified atom stereocenters. The van der Waals surface area contributed by atoms with Gasteiger partial charge < -0.3 is 4.90 Å². The lowest BCUT2D eigenvalue weighted by atomic mass is 10.1. The van der Waals surface area contributed by atoms with E-state index in [4.69, 9.17) is 0 Å². The molecule has 0 aromatic heterocycles. The van der Waals surface area contributed by atoms with Crippen molar-refractivity contribution < 1.29 is 4.79 Å². The van der Waals surface area contributed by atoms with Crippen LogP contribution in [-0.2, 0) is 4.79 Å². The second-order valence-corrected chi connectivity index (χ2v) is 2.37. The molecule has 2 nitrogen and oxygen atoms in total. The van der Waals surface area contributed by atoms with Gasteiger partial charge in [0.1, 0.15) is 0 Å². The Morgan fingerprint density at radius 1 is 1.56 bits per heavy atom. The van der Waals surface area contributed by atoms with E-state index < -0.39 is 0 Å². The molecule has 0 aliphatic carbocycles. The second kappa shape index (κ2) is 4.50. The molecule has 0 aliphatic rings. The number of rotatable bonds is 4. The van der Waals surface area contributed by atoms with Crippen LogP contribution in [0.1, 0.15) is 19.8 Å². The van der Waals surface area contributed by atoms with Crippen LogP contribution in [0.5, 0.6) is 0 Å². The SMILES string of the molecule is CCC(C[C]=O)N(C)C. The van der Waals surface area contributed by atoms with Gasteiger partial charge in [-0.25, -0.2) is 0 Å². The zero-order chi connectivity index (χ0) is 7.28. The molecule has 0 saturated carbocycles. The van der Waals surface area contributed by atoms with Crippen molar-refractivity contribution in [3.8, 4) is 0 Å². The average molecular weight is 128 g/mol. The highest BCUT2D eigenvalue weighted by Crippen LogP contribution is 2.00. The summed E-state index contributed by atoms with van der Waals surface area (Å²) in [5.41, 5.74) is 0. The molecule has 0 rings (SSSR count). The van der Waals surface area contributed by atoms with Crippen LogP contribution < -0.4 is 0 Å². The van der Waals surface area contributed by atoms with Crippen molar-refractivity contribution in [3.05, 3.63) is 0 Å². The maximum Gasteiger partial charge on any atom is 0.200 e. The van der Waals surface area contributed by atoms with Gasteiger partial charge in [-0.15, -0.1) is 0 Å². The molecule has 0 bridgehead atoms. The number of hydrogen-bond acceptors (Lipinski definition) is 2. The van der Waals surface area contributed by atoms with E-state index in [9.17, 15) is 4.79 Å². The minimum absolute atomic E-state index is 0.377. The maximum atomic E-state index is 9.93. The molecule has 0 heterocycles. The molecule has 0 saturated heterocycles. The summed E-state index contributed by atoms with van der Waals surface area (Å²) in [6, 6.07) is 0.377. The van der Waals surface area contributed by atoms with Crippen molar-refractivity contribution in [2.45, 2.75) is 25.8 Å². The van der Waals surface area contributed by atoms with E-state index in [0.29, 0.717) is 12.5 Å². The van der Waals surface area contributed by atoms with Gasteiger partial charge in [0.25, 0.3) is 0 Å². The number of hydrogen-bond donors (Lipinski definition) is 0. The summed E-state index contributed by atoms with van der Waals surface area (Å²) < 4.78 is 0. The summed E-state index contributed by atoms with van der Waals surface area (Å²) in [6.07, 6.45) is 3.46. The molecule has 0 aromatic rings. The normalized spacial score (nSPS) is 13.8. The first-order valence-corrected chi connectivity index (χ1v) is 3.23. The predicted octanol–water partition coefficient (Wildman–Crippen LogP) is 0.826. The monoisotopic (exact) mass is 128 g/mol. The first-order chi connectivity index (χ1) is 4.22. The van der Waals surface area contributed by atoms with Crippen LogP contribution in [0.25, 0.3) is 0 Å². The third-order valence-corrected chi connectivity index (χ3v) is 1.52. The van der Waals surface area contributed by atoms with E-state index in [-0.39, 0.29) is 0 Å². The van der Waals surface area contributed by atoms with Crippen molar-refractivity contribution in [2.75, 3.05) is 14.1 Å². The Kier molecular flexibility index (Phi) is 4.32. The van der Waals surface area contributed by atoms with Gasteiger partial charge in [-0.05, 0) is 20.5 Å². The summed E-state index contributed by atoms with van der Waals surface area (Å²) in [4.78, 5) is 12.0. The number of nitrogens with zero attached hydrogens (tertiary/aromatic N) is 1. The van der Waals surface area contributed by atoms with Gasteiger partial charge in [-0.1, -0.05) is 6.92 Å². The third-order valence-electron chi connectivity index (χ3n) is 1.52. The van der Waals surface area contributed by atoms with E-state index in [1.165, 1.54) is 0 Å². The maximum absolute atomic E-state index is 9.93. The average Bonchev–Trinajstić information content (AvgIpc) is 1.82. The zero-order valence-corrected chi connectivity index (χ0v) is 6.35. The lowest BCUT2D eigenvalue weighted by Crippen LogP contribution is -2.27. The highest BCUT2D eigenvalue weighted by molar-refractivity contribution is 5.51. The van der Waals surface area contributed by atoms with Crippen molar-refractivity contribution in [1.29, 1.82) is 0 Å². The van der Waals surface area contributed by atoms with Crippen molar-refractivity contribution >= 4 is 6.29 Å². The van der Waals surface area contributed by atoms with E-state index in [0.717, 1.165) is 6.42 Å². The standard InChI is InChI=1S/C7H14NO/c1-4-7(5-6-9)8(2)3/h7H,4-5H2,1-3H3. The lowest BCUT2D eigenvalue weighted by Gasteiger charge is -2.19. The minimum atomic E-state index is 0.377. The van der Waals surface area contributed by atoms with E-state index >= 15 is 0 Å². The summed E-state index contributed by atoms with van der Waals surface area (Å²) in [7, 11) is 3.96. The molecule has 9 heavy (non-hydrogen) atoms. The molecule has 0 N–H and O–H groups in total. The summed E-state index contributed by atoms with van der Waals surface area (Å²) in [5, 5.41) is 0. The van der Waals surface area contributed by atoms with E-state index in [2.05, 4.69) is 6.92 Å². The Morgan fingerprint density at radius 2 is 2.11 bits per heavy atom. The quantitative estimate of drug-likeness (QED) is 0.559. The van der Waals surface area contributed by atoms with Gasteiger partial charge in [0.05, 0.1) is 0 Å². The van der Waals surface area contributed by atoms with Gasteiger partial charge in [-0.2, -0.15) is 0 Å². The molecular weight excluding hydrogens is 114 g/mol. The molecule has 0 amide bonds. The van der Waals surface area contributed by atoms with Crippen molar-refractivity contribution in [3.63, 3.8) is 0 Å². The number of carbonyl (C=O) groups excluding carboxylic acids is 1. The Bertz CT molecular complexity index is 81.0. The van der Waals surface area contributed by atoms with Crippen LogP contribution in [0.4, 0.5) is 0 Å². The van der Waals surface area contributed by atoms with Crippen LogP contribution in [-0.4, -0.2) is 31.3 Å². The third kappa shape index (κ3) is 3.25. The molecule has 0 fully saturated rings. The molecule has 0 spiro atoms. The van der Waals surface area contributed by atoms with E-state index in [1.54, 1.807) is 0 Å². The Labute approximate surface area is 56.9 Å². The van der Waals surface area contributed by atoms with Crippen molar-refractivity contribution in [2.24, 2.45) is 0 Å². The van der Waals surface area contributed by atoms with Crippen LogP contribution in [0.2, 0.25) is 0 Å². The highest BCUT2D eigenvalue weighted by Gasteiger charge is 2.06. The lowest BCUT2D eigenvalue weighted by molar-refractivity contribution is 0.290. The van der Waals surface area contributed by atoms with Crippen LogP contribution >= 0.6 is 0 Å². The molecular formula is C7H14NO. The summed E-state index contributed by atoms with van der Waals surface area (Å²) >= 11 is 0. The fourth-order valence-electron chi connectivity index (χ4n) is 0.788. The highest BCUT2D eigenvalue weighted by atomic mass is 16.1. The fraction of sp³-hybridized carbons (Fsp3) is 0.857. The minimum Gasteiger partial charge on any atom is -0.306 e. The second-order valence-electron chi connectivity index (χ2n) is 2.37. The first-order valence-electron chi connectivity index (χ1n) is 3.23. The van der Waals surface area contributed by atoms with Crippen molar-refractivity contribution in [1.82, 2.24) is 4.90 Å². The first kappa shape index (κ1) is 8.63.